The van der Waals surface area contributed by atoms with Crippen molar-refractivity contribution in [3.05, 3.63) is 35.4 Å². The minimum absolute atomic E-state index is 0.624. The SMILES string of the molecule is CC(C)c1ccc(CCCN2CCC3(CCNC3)C2)cc1. The summed E-state index contributed by atoms with van der Waals surface area (Å²) in [5.41, 5.74) is 3.57. The van der Waals surface area contributed by atoms with E-state index in [0.29, 0.717) is 11.3 Å². The van der Waals surface area contributed by atoms with Crippen LogP contribution >= 0.6 is 0 Å². The molecule has 1 aromatic carbocycles. The summed E-state index contributed by atoms with van der Waals surface area (Å²) in [4.78, 5) is 2.69. The maximum Gasteiger partial charge on any atom is 0.00511 e. The molecule has 2 saturated heterocycles. The molecule has 2 aliphatic rings. The van der Waals surface area contributed by atoms with E-state index in [2.05, 4.69) is 48.3 Å². The lowest BCUT2D eigenvalue weighted by molar-refractivity contribution is 0.272. The number of nitrogens with zero attached hydrogens (tertiary/aromatic N) is 1. The van der Waals surface area contributed by atoms with E-state index in [1.54, 1.807) is 0 Å². The summed E-state index contributed by atoms with van der Waals surface area (Å²) in [6, 6.07) is 9.24. The molecule has 2 fully saturated rings. The molecule has 0 aromatic heterocycles. The van der Waals surface area contributed by atoms with Crippen molar-refractivity contribution in [3.8, 4) is 0 Å². The number of likely N-dealkylation sites (tertiary alicyclic amines) is 1. The van der Waals surface area contributed by atoms with Gasteiger partial charge >= 0.3 is 0 Å². The monoisotopic (exact) mass is 286 g/mol. The maximum absolute atomic E-state index is 3.55. The minimum atomic E-state index is 0.624. The number of hydrogen-bond donors (Lipinski definition) is 1. The Balaban J connectivity index is 1.42. The van der Waals surface area contributed by atoms with E-state index in [1.807, 2.05) is 0 Å². The minimum Gasteiger partial charge on any atom is -0.316 e. The molecular formula is C19H30N2. The van der Waals surface area contributed by atoms with Crippen LogP contribution < -0.4 is 5.32 Å². The molecule has 2 aliphatic heterocycles. The third-order valence-corrected chi connectivity index (χ3v) is 5.44. The van der Waals surface area contributed by atoms with E-state index >= 15 is 0 Å². The number of nitrogens with one attached hydrogen (secondary N) is 1. The molecule has 1 aromatic rings. The van der Waals surface area contributed by atoms with Gasteiger partial charge in [-0.2, -0.15) is 0 Å². The van der Waals surface area contributed by atoms with Gasteiger partial charge in [-0.15, -0.1) is 0 Å². The molecule has 1 unspecified atom stereocenters. The zero-order valence-electron chi connectivity index (χ0n) is 13.7. The lowest BCUT2D eigenvalue weighted by Crippen LogP contribution is -2.29. The van der Waals surface area contributed by atoms with E-state index in [1.165, 1.54) is 69.5 Å². The zero-order valence-corrected chi connectivity index (χ0v) is 13.7. The second-order valence-corrected chi connectivity index (χ2v) is 7.45. The Morgan fingerprint density at radius 2 is 2.00 bits per heavy atom. The third-order valence-electron chi connectivity index (χ3n) is 5.44. The summed E-state index contributed by atoms with van der Waals surface area (Å²) in [5.74, 6) is 0.639. The first-order valence-electron chi connectivity index (χ1n) is 8.69. The Kier molecular flexibility index (Phi) is 4.66. The quantitative estimate of drug-likeness (QED) is 0.892. The van der Waals surface area contributed by atoms with Gasteiger partial charge in [0.15, 0.2) is 0 Å². The fraction of sp³-hybridized carbons (Fsp3) is 0.684. The summed E-state index contributed by atoms with van der Waals surface area (Å²) < 4.78 is 0. The largest absolute Gasteiger partial charge is 0.316 e. The van der Waals surface area contributed by atoms with Gasteiger partial charge in [0.2, 0.25) is 0 Å². The maximum atomic E-state index is 3.55. The van der Waals surface area contributed by atoms with Crippen molar-refractivity contribution in [3.63, 3.8) is 0 Å². The average molecular weight is 286 g/mol. The van der Waals surface area contributed by atoms with Gasteiger partial charge in [0.25, 0.3) is 0 Å². The van der Waals surface area contributed by atoms with Crippen molar-refractivity contribution in [1.82, 2.24) is 10.2 Å². The standard InChI is InChI=1S/C19H30N2/c1-16(2)18-7-5-17(6-8-18)4-3-12-21-13-10-19(15-21)9-11-20-14-19/h5-8,16,20H,3-4,9-15H2,1-2H3. The van der Waals surface area contributed by atoms with E-state index in [9.17, 15) is 0 Å². The number of rotatable bonds is 5. The first-order chi connectivity index (χ1) is 10.2. The third kappa shape index (κ3) is 3.67. The molecule has 0 amide bonds. The topological polar surface area (TPSA) is 15.3 Å². The van der Waals surface area contributed by atoms with Crippen molar-refractivity contribution in [2.24, 2.45) is 5.41 Å². The van der Waals surface area contributed by atoms with Gasteiger partial charge in [-0.1, -0.05) is 38.1 Å². The lowest BCUT2D eigenvalue weighted by atomic mass is 9.87. The van der Waals surface area contributed by atoms with Crippen LogP contribution in [0.1, 0.15) is 50.2 Å². The Bertz CT molecular complexity index is 443. The highest BCUT2D eigenvalue weighted by atomic mass is 15.2. The molecule has 2 heteroatoms. The normalized spacial score (nSPS) is 26.2. The van der Waals surface area contributed by atoms with Gasteiger partial charge in [-0.3, -0.25) is 0 Å². The molecule has 0 saturated carbocycles. The first-order valence-corrected chi connectivity index (χ1v) is 8.69. The van der Waals surface area contributed by atoms with Gasteiger partial charge in [0, 0.05) is 13.1 Å². The molecule has 1 atom stereocenters. The van der Waals surface area contributed by atoms with Crippen LogP contribution in [0.2, 0.25) is 0 Å². The van der Waals surface area contributed by atoms with Gasteiger partial charge in [-0.05, 0) is 67.8 Å². The van der Waals surface area contributed by atoms with E-state index in [4.69, 9.17) is 0 Å². The Hall–Kier alpha value is -0.860. The fourth-order valence-corrected chi connectivity index (χ4v) is 3.94. The first kappa shape index (κ1) is 15.1. The number of benzene rings is 1. The van der Waals surface area contributed by atoms with Gasteiger partial charge in [0.05, 0.1) is 0 Å². The molecule has 2 heterocycles. The Labute approximate surface area is 129 Å². The Morgan fingerprint density at radius 3 is 2.67 bits per heavy atom. The predicted octanol–water partition coefficient (Wildman–Crippen LogP) is 3.43. The fourth-order valence-electron chi connectivity index (χ4n) is 3.94. The van der Waals surface area contributed by atoms with Gasteiger partial charge in [-0.25, -0.2) is 0 Å². The highest BCUT2D eigenvalue weighted by Crippen LogP contribution is 2.35. The second-order valence-electron chi connectivity index (χ2n) is 7.45. The molecule has 0 aliphatic carbocycles. The van der Waals surface area contributed by atoms with Gasteiger partial charge in [0.1, 0.15) is 0 Å². The molecular weight excluding hydrogens is 256 g/mol. The van der Waals surface area contributed by atoms with Crippen molar-refractivity contribution in [1.29, 1.82) is 0 Å². The Morgan fingerprint density at radius 1 is 1.19 bits per heavy atom. The smallest absolute Gasteiger partial charge is 0.00511 e. The van der Waals surface area contributed by atoms with E-state index < -0.39 is 0 Å². The summed E-state index contributed by atoms with van der Waals surface area (Å²) in [7, 11) is 0. The van der Waals surface area contributed by atoms with Crippen LogP contribution in [0.4, 0.5) is 0 Å². The highest BCUT2D eigenvalue weighted by Gasteiger charge is 2.39. The van der Waals surface area contributed by atoms with E-state index in [0.717, 1.165) is 0 Å². The van der Waals surface area contributed by atoms with Gasteiger partial charge < -0.3 is 10.2 Å². The van der Waals surface area contributed by atoms with Crippen LogP contribution in [0.5, 0.6) is 0 Å². The van der Waals surface area contributed by atoms with Crippen LogP contribution in [-0.4, -0.2) is 37.6 Å². The summed E-state index contributed by atoms with van der Waals surface area (Å²) in [6.45, 7) is 10.9. The molecule has 3 rings (SSSR count). The predicted molar refractivity (Wildman–Crippen MR) is 89.8 cm³/mol. The van der Waals surface area contributed by atoms with Crippen LogP contribution in [0.3, 0.4) is 0 Å². The van der Waals surface area contributed by atoms with Crippen molar-refractivity contribution in [2.45, 2.75) is 45.4 Å². The average Bonchev–Trinajstić information content (AvgIpc) is 3.10. The van der Waals surface area contributed by atoms with Crippen LogP contribution in [0.25, 0.3) is 0 Å². The molecule has 21 heavy (non-hydrogen) atoms. The van der Waals surface area contributed by atoms with Crippen LogP contribution in [-0.2, 0) is 6.42 Å². The summed E-state index contributed by atoms with van der Waals surface area (Å²) >= 11 is 0. The molecule has 1 N–H and O–H groups in total. The van der Waals surface area contributed by atoms with E-state index in [-0.39, 0.29) is 0 Å². The van der Waals surface area contributed by atoms with Crippen molar-refractivity contribution < 1.29 is 0 Å². The molecule has 0 bridgehead atoms. The van der Waals surface area contributed by atoms with Crippen LogP contribution in [0.15, 0.2) is 24.3 Å². The van der Waals surface area contributed by atoms with Crippen molar-refractivity contribution >= 4 is 0 Å². The number of aryl methyl sites for hydroxylation is 1. The molecule has 2 nitrogen and oxygen atoms in total. The molecule has 0 radical (unpaired) electrons. The second kappa shape index (κ2) is 6.50. The number of hydrogen-bond acceptors (Lipinski definition) is 2. The summed E-state index contributed by atoms with van der Waals surface area (Å²) in [6.07, 6.45) is 5.31. The lowest BCUT2D eigenvalue weighted by Gasteiger charge is -2.22. The zero-order chi connectivity index (χ0) is 14.7. The molecule has 1 spiro atoms. The van der Waals surface area contributed by atoms with Crippen LogP contribution in [0, 0.1) is 5.41 Å². The summed E-state index contributed by atoms with van der Waals surface area (Å²) in [5, 5.41) is 3.55. The van der Waals surface area contributed by atoms with Crippen molar-refractivity contribution in [2.75, 3.05) is 32.7 Å². The molecule has 116 valence electrons. The highest BCUT2D eigenvalue weighted by molar-refractivity contribution is 5.24.